The second kappa shape index (κ2) is 11.7. The highest BCUT2D eigenvalue weighted by Crippen LogP contribution is 2.40. The molecular formula is C27H33BrN2O4. The van der Waals surface area contributed by atoms with E-state index in [1.165, 1.54) is 0 Å². The third-order valence-electron chi connectivity index (χ3n) is 6.20. The van der Waals surface area contributed by atoms with Crippen molar-refractivity contribution >= 4 is 33.4 Å². The van der Waals surface area contributed by atoms with Crippen LogP contribution >= 0.6 is 15.9 Å². The lowest BCUT2D eigenvalue weighted by Gasteiger charge is -2.28. The lowest BCUT2D eigenvalue weighted by molar-refractivity contribution is -0.140. The fraction of sp³-hybridized carbons (Fsp3) is 0.407. The molecule has 0 saturated carbocycles. The van der Waals surface area contributed by atoms with E-state index in [1.807, 2.05) is 44.2 Å². The normalized spacial score (nSPS) is 17.6. The van der Waals surface area contributed by atoms with Gasteiger partial charge in [0.2, 0.25) is 0 Å². The van der Waals surface area contributed by atoms with Gasteiger partial charge in [0.05, 0.1) is 18.2 Å². The van der Waals surface area contributed by atoms with Crippen LogP contribution < -0.4 is 4.74 Å². The van der Waals surface area contributed by atoms with Gasteiger partial charge in [-0.15, -0.1) is 0 Å². The molecule has 3 rings (SSSR count). The maximum Gasteiger partial charge on any atom is 0.295 e. The lowest BCUT2D eigenvalue weighted by Crippen LogP contribution is -2.38. The number of carbonyl (C=O) groups is 2. The van der Waals surface area contributed by atoms with Gasteiger partial charge in [-0.25, -0.2) is 0 Å². The molecule has 0 bridgehead atoms. The number of ketones is 1. The molecule has 1 amide bonds. The van der Waals surface area contributed by atoms with Crippen LogP contribution in [0.25, 0.3) is 5.76 Å². The predicted octanol–water partition coefficient (Wildman–Crippen LogP) is 5.31. The molecule has 0 radical (unpaired) electrons. The molecule has 0 aliphatic carbocycles. The molecule has 2 aromatic carbocycles. The highest BCUT2D eigenvalue weighted by Gasteiger charge is 2.46. The van der Waals surface area contributed by atoms with Gasteiger partial charge in [-0.3, -0.25) is 9.59 Å². The van der Waals surface area contributed by atoms with Crippen molar-refractivity contribution in [2.45, 2.75) is 40.2 Å². The first-order valence-electron chi connectivity index (χ1n) is 11.8. The average molecular weight is 529 g/mol. The smallest absolute Gasteiger partial charge is 0.295 e. The number of nitrogens with zero attached hydrogens (tertiary/aromatic N) is 2. The Bertz CT molecular complexity index is 1060. The summed E-state index contributed by atoms with van der Waals surface area (Å²) in [5, 5.41) is 11.3. The number of aliphatic hydroxyl groups excluding tert-OH is 1. The largest absolute Gasteiger partial charge is 0.507 e. The molecular weight excluding hydrogens is 496 g/mol. The van der Waals surface area contributed by atoms with Crippen molar-refractivity contribution in [1.29, 1.82) is 0 Å². The van der Waals surface area contributed by atoms with Gasteiger partial charge in [-0.1, -0.05) is 48.8 Å². The molecule has 1 heterocycles. The van der Waals surface area contributed by atoms with Crippen molar-refractivity contribution in [3.63, 3.8) is 0 Å². The predicted molar refractivity (Wildman–Crippen MR) is 138 cm³/mol. The van der Waals surface area contributed by atoms with Gasteiger partial charge in [0.15, 0.2) is 0 Å². The number of halogens is 1. The Morgan fingerprint density at radius 2 is 1.76 bits per heavy atom. The minimum atomic E-state index is -0.657. The first-order chi connectivity index (χ1) is 16.3. The number of amides is 1. The third-order valence-corrected chi connectivity index (χ3v) is 6.73. The fourth-order valence-electron chi connectivity index (χ4n) is 4.25. The second-order valence-corrected chi connectivity index (χ2v) is 9.31. The van der Waals surface area contributed by atoms with Crippen molar-refractivity contribution < 1.29 is 19.4 Å². The van der Waals surface area contributed by atoms with E-state index < -0.39 is 17.7 Å². The minimum Gasteiger partial charge on any atom is -0.507 e. The topological polar surface area (TPSA) is 70.1 Å². The van der Waals surface area contributed by atoms with Gasteiger partial charge >= 0.3 is 0 Å². The summed E-state index contributed by atoms with van der Waals surface area (Å²) in [6.07, 6.45) is 0.894. The number of likely N-dealkylation sites (N-methyl/N-ethyl adjacent to an activating group) is 1. The van der Waals surface area contributed by atoms with Crippen LogP contribution in [0.1, 0.15) is 49.9 Å². The van der Waals surface area contributed by atoms with Crippen molar-refractivity contribution in [1.82, 2.24) is 9.80 Å². The summed E-state index contributed by atoms with van der Waals surface area (Å²) in [5.74, 6) is -0.686. The van der Waals surface area contributed by atoms with Crippen LogP contribution in [0.2, 0.25) is 0 Å². The Kier molecular flexibility index (Phi) is 8.91. The maximum absolute atomic E-state index is 13.2. The van der Waals surface area contributed by atoms with E-state index in [9.17, 15) is 14.7 Å². The van der Waals surface area contributed by atoms with E-state index in [0.29, 0.717) is 31.0 Å². The van der Waals surface area contributed by atoms with Crippen LogP contribution in [0.3, 0.4) is 0 Å². The van der Waals surface area contributed by atoms with Crippen LogP contribution in [0.5, 0.6) is 5.75 Å². The summed E-state index contributed by atoms with van der Waals surface area (Å²) in [4.78, 5) is 30.2. The van der Waals surface area contributed by atoms with E-state index >= 15 is 0 Å². The summed E-state index contributed by atoms with van der Waals surface area (Å²) in [6.45, 7) is 11.4. The molecule has 1 N–H and O–H groups in total. The molecule has 1 atom stereocenters. The molecule has 182 valence electrons. The SMILES string of the molecule is CCCOc1ccc(C(O)=C2C(=O)C(=O)N(CCN(CC)CC)[C@H]2c2ccc(Br)cc2)c(C)c1. The Balaban J connectivity index is 2.07. The van der Waals surface area contributed by atoms with Gasteiger partial charge in [0, 0.05) is 23.1 Å². The standard InChI is InChI=1S/C27H33BrN2O4/c1-5-16-34-21-12-13-22(18(4)17-21)25(31)23-24(19-8-10-20(28)11-9-19)30(27(33)26(23)32)15-14-29(6-2)7-3/h8-13,17,24,31H,5-7,14-16H2,1-4H3/t24-/m0/s1. The third kappa shape index (κ3) is 5.53. The van der Waals surface area contributed by atoms with E-state index in [4.69, 9.17) is 4.74 Å². The first-order valence-corrected chi connectivity index (χ1v) is 12.6. The molecule has 1 fully saturated rings. The van der Waals surface area contributed by atoms with Crippen LogP contribution in [-0.2, 0) is 9.59 Å². The van der Waals surface area contributed by atoms with Gasteiger partial charge in [0.1, 0.15) is 11.5 Å². The van der Waals surface area contributed by atoms with E-state index in [0.717, 1.165) is 35.1 Å². The molecule has 6 nitrogen and oxygen atoms in total. The number of aliphatic hydroxyl groups is 1. The number of likely N-dealkylation sites (tertiary alicyclic amines) is 1. The second-order valence-electron chi connectivity index (χ2n) is 8.40. The van der Waals surface area contributed by atoms with Crippen molar-refractivity contribution in [3.05, 3.63) is 69.2 Å². The molecule has 0 aromatic heterocycles. The molecule has 0 unspecified atom stereocenters. The number of hydrogen-bond donors (Lipinski definition) is 1. The van der Waals surface area contributed by atoms with Crippen LogP contribution in [0.4, 0.5) is 0 Å². The van der Waals surface area contributed by atoms with Crippen LogP contribution in [0, 0.1) is 6.92 Å². The van der Waals surface area contributed by atoms with Gasteiger partial charge < -0.3 is 19.6 Å². The number of hydrogen-bond acceptors (Lipinski definition) is 5. The highest BCUT2D eigenvalue weighted by molar-refractivity contribution is 9.10. The monoisotopic (exact) mass is 528 g/mol. The van der Waals surface area contributed by atoms with Crippen molar-refractivity contribution in [2.24, 2.45) is 0 Å². The van der Waals surface area contributed by atoms with Crippen LogP contribution in [-0.4, -0.2) is 59.4 Å². The Morgan fingerprint density at radius 3 is 2.35 bits per heavy atom. The summed E-state index contributed by atoms with van der Waals surface area (Å²) in [7, 11) is 0. The Hall–Kier alpha value is -2.64. The molecule has 0 spiro atoms. The van der Waals surface area contributed by atoms with E-state index in [2.05, 4.69) is 34.7 Å². The molecule has 1 saturated heterocycles. The van der Waals surface area contributed by atoms with Crippen LogP contribution in [0.15, 0.2) is 52.5 Å². The zero-order valence-electron chi connectivity index (χ0n) is 20.3. The average Bonchev–Trinajstić information content (AvgIpc) is 3.08. The summed E-state index contributed by atoms with van der Waals surface area (Å²) < 4.78 is 6.59. The number of carbonyl (C=O) groups excluding carboxylic acids is 2. The summed E-state index contributed by atoms with van der Waals surface area (Å²) >= 11 is 3.45. The fourth-order valence-corrected chi connectivity index (χ4v) is 4.51. The van der Waals surface area contributed by atoms with Gasteiger partial charge in [-0.05, 0) is 67.9 Å². The first kappa shape index (κ1) is 26.0. The number of ether oxygens (including phenoxy) is 1. The Morgan fingerprint density at radius 1 is 1.09 bits per heavy atom. The van der Waals surface area contributed by atoms with E-state index in [-0.39, 0.29) is 11.3 Å². The quantitative estimate of drug-likeness (QED) is 0.257. The molecule has 7 heteroatoms. The molecule has 34 heavy (non-hydrogen) atoms. The van der Waals surface area contributed by atoms with Gasteiger partial charge in [0.25, 0.3) is 11.7 Å². The zero-order chi connectivity index (χ0) is 24.8. The summed E-state index contributed by atoms with van der Waals surface area (Å²) in [5.41, 5.74) is 2.20. The molecule has 2 aromatic rings. The zero-order valence-corrected chi connectivity index (χ0v) is 21.9. The molecule has 1 aliphatic rings. The van der Waals surface area contributed by atoms with E-state index in [1.54, 1.807) is 17.0 Å². The van der Waals surface area contributed by atoms with Crippen molar-refractivity contribution in [2.75, 3.05) is 32.8 Å². The number of benzene rings is 2. The highest BCUT2D eigenvalue weighted by atomic mass is 79.9. The minimum absolute atomic E-state index is 0.122. The Labute approximate surface area is 210 Å². The summed E-state index contributed by atoms with van der Waals surface area (Å²) in [6, 6.07) is 12.2. The lowest BCUT2D eigenvalue weighted by atomic mass is 9.94. The number of rotatable bonds is 10. The van der Waals surface area contributed by atoms with Gasteiger partial charge in [-0.2, -0.15) is 0 Å². The van der Waals surface area contributed by atoms with Crippen molar-refractivity contribution in [3.8, 4) is 5.75 Å². The number of Topliss-reactive ketones (excluding diaryl/α,β-unsaturated/α-hetero) is 1. The maximum atomic E-state index is 13.2. The molecule has 1 aliphatic heterocycles. The number of aryl methyl sites for hydroxylation is 1.